The van der Waals surface area contributed by atoms with E-state index in [9.17, 15) is 0 Å². The summed E-state index contributed by atoms with van der Waals surface area (Å²) < 4.78 is 0. The molecule has 0 aromatic carbocycles. The van der Waals surface area contributed by atoms with E-state index in [1.165, 1.54) is 30.6 Å². The van der Waals surface area contributed by atoms with Gasteiger partial charge >= 0.3 is 0 Å². The lowest BCUT2D eigenvalue weighted by Gasteiger charge is -2.26. The summed E-state index contributed by atoms with van der Waals surface area (Å²) in [5.74, 6) is 0.732. The topological polar surface area (TPSA) is 24.1 Å². The van der Waals surface area contributed by atoms with Gasteiger partial charge in [0, 0.05) is 10.9 Å². The highest BCUT2D eigenvalue weighted by Crippen LogP contribution is 2.37. The molecule has 1 fully saturated rings. The molecule has 0 spiro atoms. The molecule has 100 valence electrons. The maximum Gasteiger partial charge on any atom is 0.167 e. The van der Waals surface area contributed by atoms with Crippen LogP contribution in [0.15, 0.2) is 17.5 Å². The summed E-state index contributed by atoms with van der Waals surface area (Å²) in [5, 5.41) is 9.75. The minimum atomic E-state index is 0.387. The maximum atomic E-state index is 5.40. The average Bonchev–Trinajstić information content (AvgIpc) is 2.98. The van der Waals surface area contributed by atoms with Crippen LogP contribution in [0.3, 0.4) is 0 Å². The van der Waals surface area contributed by atoms with Gasteiger partial charge in [0.05, 0.1) is 6.04 Å². The van der Waals surface area contributed by atoms with Crippen LogP contribution < -0.4 is 10.6 Å². The second-order valence-corrected chi connectivity index (χ2v) is 6.70. The van der Waals surface area contributed by atoms with E-state index in [0.717, 1.165) is 11.0 Å². The van der Waals surface area contributed by atoms with E-state index in [1.807, 2.05) is 11.3 Å². The van der Waals surface area contributed by atoms with E-state index in [2.05, 4.69) is 42.0 Å². The lowest BCUT2D eigenvalue weighted by Crippen LogP contribution is -2.42. The molecule has 1 atom stereocenters. The molecule has 1 aliphatic carbocycles. The zero-order chi connectivity index (χ0) is 13.0. The van der Waals surface area contributed by atoms with E-state index in [1.54, 1.807) is 0 Å². The lowest BCUT2D eigenvalue weighted by atomic mass is 9.97. The van der Waals surface area contributed by atoms with Crippen LogP contribution in [0.4, 0.5) is 0 Å². The zero-order valence-electron chi connectivity index (χ0n) is 11.1. The summed E-state index contributed by atoms with van der Waals surface area (Å²) in [7, 11) is 0. The Morgan fingerprint density at radius 2 is 2.06 bits per heavy atom. The molecule has 0 saturated heterocycles. The van der Waals surface area contributed by atoms with Crippen molar-refractivity contribution < 1.29 is 0 Å². The first-order valence-corrected chi connectivity index (χ1v) is 8.06. The predicted molar refractivity (Wildman–Crippen MR) is 83.0 cm³/mol. The average molecular weight is 282 g/mol. The number of hydrogen-bond donors (Lipinski definition) is 2. The highest BCUT2D eigenvalue weighted by molar-refractivity contribution is 7.80. The Kier molecular flexibility index (Phi) is 5.01. The van der Waals surface area contributed by atoms with Crippen LogP contribution >= 0.6 is 23.6 Å². The number of thiocarbonyl (C=S) groups is 1. The van der Waals surface area contributed by atoms with Crippen LogP contribution in [0.2, 0.25) is 0 Å². The molecule has 0 amide bonds. The first-order valence-electron chi connectivity index (χ1n) is 6.77. The molecule has 2 rings (SSSR count). The van der Waals surface area contributed by atoms with Crippen LogP contribution in [0.1, 0.15) is 50.4 Å². The third-order valence-electron chi connectivity index (χ3n) is 3.43. The van der Waals surface area contributed by atoms with E-state index >= 15 is 0 Å². The van der Waals surface area contributed by atoms with Gasteiger partial charge in [-0.25, -0.2) is 0 Å². The van der Waals surface area contributed by atoms with Crippen LogP contribution in [0, 0.1) is 5.92 Å². The van der Waals surface area contributed by atoms with Crippen LogP contribution in [-0.2, 0) is 0 Å². The van der Waals surface area contributed by atoms with E-state index in [0.29, 0.717) is 12.1 Å². The minimum absolute atomic E-state index is 0.387. The van der Waals surface area contributed by atoms with Crippen molar-refractivity contribution in [1.82, 2.24) is 10.6 Å². The van der Waals surface area contributed by atoms with E-state index in [-0.39, 0.29) is 0 Å². The van der Waals surface area contributed by atoms with Crippen molar-refractivity contribution in [1.29, 1.82) is 0 Å². The molecule has 0 unspecified atom stereocenters. The lowest BCUT2D eigenvalue weighted by molar-refractivity contribution is 0.415. The van der Waals surface area contributed by atoms with Gasteiger partial charge in [-0.3, -0.25) is 0 Å². The Hall–Kier alpha value is -0.610. The first-order chi connectivity index (χ1) is 8.66. The van der Waals surface area contributed by atoms with Crippen molar-refractivity contribution in [3.63, 3.8) is 0 Å². The van der Waals surface area contributed by atoms with Gasteiger partial charge in [0.2, 0.25) is 0 Å². The molecular formula is C14H22N2S2. The maximum absolute atomic E-state index is 5.40. The number of hydrogen-bond acceptors (Lipinski definition) is 2. The number of nitrogens with one attached hydrogen (secondary N) is 2. The summed E-state index contributed by atoms with van der Waals surface area (Å²) in [6, 6.07) is 5.13. The molecule has 1 aromatic rings. The molecule has 18 heavy (non-hydrogen) atoms. The van der Waals surface area contributed by atoms with Gasteiger partial charge < -0.3 is 10.6 Å². The van der Waals surface area contributed by atoms with E-state index < -0.39 is 0 Å². The molecule has 4 heteroatoms. The fourth-order valence-electron chi connectivity index (χ4n) is 2.63. The Morgan fingerprint density at radius 3 is 2.61 bits per heavy atom. The standard InChI is InChI=1S/C14H22N2S2/c1-10(2)15-14(17)16-13(11-6-3-4-7-11)12-8-5-9-18-12/h5,8-11,13H,3-4,6-7H2,1-2H3,(H2,15,16,17)/t13-/m0/s1. The second kappa shape index (κ2) is 6.53. The van der Waals surface area contributed by atoms with Crippen LogP contribution in [0.25, 0.3) is 0 Å². The van der Waals surface area contributed by atoms with Crippen molar-refractivity contribution in [3.8, 4) is 0 Å². The second-order valence-electron chi connectivity index (χ2n) is 5.31. The van der Waals surface area contributed by atoms with Crippen molar-refractivity contribution in [2.24, 2.45) is 5.92 Å². The Balaban J connectivity index is 2.03. The highest BCUT2D eigenvalue weighted by atomic mass is 32.1. The largest absolute Gasteiger partial charge is 0.361 e. The quantitative estimate of drug-likeness (QED) is 0.820. The normalized spacial score (nSPS) is 17.9. The number of rotatable bonds is 4. The molecule has 1 aliphatic rings. The highest BCUT2D eigenvalue weighted by Gasteiger charge is 2.27. The third kappa shape index (κ3) is 3.69. The molecule has 0 radical (unpaired) electrons. The first kappa shape index (κ1) is 13.8. The molecule has 1 aromatic heterocycles. The summed E-state index contributed by atoms with van der Waals surface area (Å²) in [6.45, 7) is 4.23. The van der Waals surface area contributed by atoms with Gasteiger partial charge in [0.25, 0.3) is 0 Å². The summed E-state index contributed by atoms with van der Waals surface area (Å²) in [4.78, 5) is 1.41. The molecular weight excluding hydrogens is 260 g/mol. The van der Waals surface area contributed by atoms with Gasteiger partial charge in [-0.2, -0.15) is 0 Å². The molecule has 1 heterocycles. The predicted octanol–water partition coefficient (Wildman–Crippen LogP) is 3.85. The molecule has 2 N–H and O–H groups in total. The van der Waals surface area contributed by atoms with Gasteiger partial charge in [-0.05, 0) is 56.3 Å². The van der Waals surface area contributed by atoms with Crippen LogP contribution in [0.5, 0.6) is 0 Å². The Morgan fingerprint density at radius 1 is 1.33 bits per heavy atom. The monoisotopic (exact) mass is 282 g/mol. The van der Waals surface area contributed by atoms with Crippen molar-refractivity contribution >= 4 is 28.7 Å². The van der Waals surface area contributed by atoms with Gasteiger partial charge in [-0.1, -0.05) is 18.9 Å². The Labute approximate surface area is 119 Å². The fraction of sp³-hybridized carbons (Fsp3) is 0.643. The molecule has 0 aliphatic heterocycles. The SMILES string of the molecule is CC(C)NC(=S)N[C@H](c1cccs1)C1CCCC1. The molecule has 1 saturated carbocycles. The zero-order valence-corrected chi connectivity index (χ0v) is 12.7. The minimum Gasteiger partial charge on any atom is -0.361 e. The van der Waals surface area contributed by atoms with Crippen molar-refractivity contribution in [2.75, 3.05) is 0 Å². The number of thiophene rings is 1. The third-order valence-corrected chi connectivity index (χ3v) is 4.62. The van der Waals surface area contributed by atoms with Gasteiger partial charge in [0.1, 0.15) is 0 Å². The van der Waals surface area contributed by atoms with Crippen LogP contribution in [-0.4, -0.2) is 11.2 Å². The van der Waals surface area contributed by atoms with Crippen molar-refractivity contribution in [2.45, 2.75) is 51.6 Å². The Bertz CT molecular complexity index is 367. The van der Waals surface area contributed by atoms with E-state index in [4.69, 9.17) is 12.2 Å². The summed E-state index contributed by atoms with van der Waals surface area (Å²) in [5.41, 5.74) is 0. The molecule has 0 bridgehead atoms. The summed E-state index contributed by atoms with van der Waals surface area (Å²) in [6.07, 6.45) is 5.36. The molecule has 2 nitrogen and oxygen atoms in total. The smallest absolute Gasteiger partial charge is 0.167 e. The van der Waals surface area contributed by atoms with Gasteiger partial charge in [0.15, 0.2) is 5.11 Å². The fourth-order valence-corrected chi connectivity index (χ4v) is 3.86. The van der Waals surface area contributed by atoms with Gasteiger partial charge in [-0.15, -0.1) is 11.3 Å². The summed E-state index contributed by atoms with van der Waals surface area (Å²) >= 11 is 7.23. The van der Waals surface area contributed by atoms with Crippen molar-refractivity contribution in [3.05, 3.63) is 22.4 Å².